The average molecular weight is 247 g/mol. The lowest BCUT2D eigenvalue weighted by molar-refractivity contribution is 0.384. The lowest BCUT2D eigenvalue weighted by Crippen LogP contribution is -2.32. The Balaban J connectivity index is 2.34. The third kappa shape index (κ3) is 5.85. The summed E-state index contributed by atoms with van der Waals surface area (Å²) in [5.74, 6) is 1.14. The molecule has 0 radical (unpaired) electrons. The van der Waals surface area contributed by atoms with Crippen LogP contribution in [0.15, 0.2) is 0 Å². The van der Waals surface area contributed by atoms with E-state index in [4.69, 9.17) is 0 Å². The van der Waals surface area contributed by atoms with E-state index in [0.717, 1.165) is 25.3 Å². The summed E-state index contributed by atoms with van der Waals surface area (Å²) in [5.41, 5.74) is 0. The highest BCUT2D eigenvalue weighted by Crippen LogP contribution is 2.29. The molecule has 1 N–H and O–H groups in total. The summed E-state index contributed by atoms with van der Waals surface area (Å²) in [6, 6.07) is 0.392. The fourth-order valence-electron chi connectivity index (χ4n) is 2.60. The average Bonchev–Trinajstić information content (AvgIpc) is 2.66. The van der Waals surface area contributed by atoms with Crippen LogP contribution in [0.3, 0.4) is 0 Å². The second-order valence-electron chi connectivity index (χ2n) is 5.06. The first-order valence-corrected chi connectivity index (χ1v) is 8.48. The Hall–Kier alpha value is -0.0900. The maximum Gasteiger partial charge on any atom is 0.147 e. The van der Waals surface area contributed by atoms with Crippen molar-refractivity contribution >= 4 is 9.84 Å². The fraction of sp³-hybridized carbons (Fsp3) is 1.00. The summed E-state index contributed by atoms with van der Waals surface area (Å²) < 4.78 is 22.3. The normalized spacial score (nSPS) is 20.1. The Morgan fingerprint density at radius 1 is 1.31 bits per heavy atom. The van der Waals surface area contributed by atoms with E-state index in [1.807, 2.05) is 0 Å². The van der Waals surface area contributed by atoms with E-state index in [1.54, 1.807) is 0 Å². The molecule has 0 aromatic carbocycles. The van der Waals surface area contributed by atoms with Gasteiger partial charge in [0.25, 0.3) is 0 Å². The molecule has 0 aromatic heterocycles. The van der Waals surface area contributed by atoms with Gasteiger partial charge >= 0.3 is 0 Å². The van der Waals surface area contributed by atoms with Gasteiger partial charge in [-0.25, -0.2) is 8.42 Å². The Morgan fingerprint density at radius 3 is 2.44 bits per heavy atom. The van der Waals surface area contributed by atoms with E-state index in [2.05, 4.69) is 12.2 Å². The quantitative estimate of drug-likeness (QED) is 0.748. The standard InChI is InChI=1S/C12H25NO2S/c1-3-13-12(8-9-16(2,14)15)10-11-6-4-5-7-11/h11-13H,3-10H2,1-2H3. The van der Waals surface area contributed by atoms with Crippen LogP contribution >= 0.6 is 0 Å². The largest absolute Gasteiger partial charge is 0.314 e. The highest BCUT2D eigenvalue weighted by Gasteiger charge is 2.20. The highest BCUT2D eigenvalue weighted by molar-refractivity contribution is 7.90. The van der Waals surface area contributed by atoms with Crippen LogP contribution in [0.5, 0.6) is 0 Å². The molecule has 0 bridgehead atoms. The molecule has 3 nitrogen and oxygen atoms in total. The maximum absolute atomic E-state index is 11.1. The number of hydrogen-bond donors (Lipinski definition) is 1. The highest BCUT2D eigenvalue weighted by atomic mass is 32.2. The van der Waals surface area contributed by atoms with Crippen molar-refractivity contribution in [3.05, 3.63) is 0 Å². The summed E-state index contributed by atoms with van der Waals surface area (Å²) in [5, 5.41) is 3.42. The Morgan fingerprint density at radius 2 is 1.94 bits per heavy atom. The van der Waals surface area contributed by atoms with Crippen LogP contribution in [0, 0.1) is 5.92 Å². The summed E-state index contributed by atoms with van der Waals surface area (Å²) in [6.45, 7) is 3.02. The minimum absolute atomic E-state index is 0.317. The molecule has 1 aliphatic carbocycles. The predicted molar refractivity (Wildman–Crippen MR) is 68.4 cm³/mol. The van der Waals surface area contributed by atoms with Gasteiger partial charge in [-0.05, 0) is 25.3 Å². The molecule has 96 valence electrons. The molecule has 1 rings (SSSR count). The Kier molecular flexibility index (Phi) is 5.76. The van der Waals surface area contributed by atoms with Crippen molar-refractivity contribution in [2.45, 2.75) is 51.5 Å². The second-order valence-corrected chi connectivity index (χ2v) is 7.32. The van der Waals surface area contributed by atoms with Crippen LogP contribution in [0.4, 0.5) is 0 Å². The Bertz CT molecular complexity index is 281. The van der Waals surface area contributed by atoms with E-state index in [1.165, 1.54) is 31.9 Å². The predicted octanol–water partition coefficient (Wildman–Crippen LogP) is 1.98. The molecule has 0 saturated heterocycles. The topological polar surface area (TPSA) is 46.2 Å². The molecular weight excluding hydrogens is 222 g/mol. The van der Waals surface area contributed by atoms with E-state index in [-0.39, 0.29) is 0 Å². The van der Waals surface area contributed by atoms with Gasteiger partial charge in [0.15, 0.2) is 0 Å². The first-order chi connectivity index (χ1) is 7.51. The number of rotatable bonds is 7. The van der Waals surface area contributed by atoms with Gasteiger partial charge in [0.2, 0.25) is 0 Å². The lowest BCUT2D eigenvalue weighted by atomic mass is 9.97. The van der Waals surface area contributed by atoms with Crippen LogP contribution in [0.1, 0.15) is 45.4 Å². The van der Waals surface area contributed by atoms with E-state index in [9.17, 15) is 8.42 Å². The number of nitrogens with one attached hydrogen (secondary N) is 1. The van der Waals surface area contributed by atoms with E-state index < -0.39 is 9.84 Å². The molecule has 0 aliphatic heterocycles. The number of hydrogen-bond acceptors (Lipinski definition) is 3. The zero-order valence-corrected chi connectivity index (χ0v) is 11.4. The SMILES string of the molecule is CCNC(CCS(C)(=O)=O)CC1CCCC1. The lowest BCUT2D eigenvalue weighted by Gasteiger charge is -2.21. The van der Waals surface area contributed by atoms with Gasteiger partial charge in [-0.1, -0.05) is 32.6 Å². The van der Waals surface area contributed by atoms with E-state index in [0.29, 0.717) is 11.8 Å². The minimum atomic E-state index is -2.81. The van der Waals surface area contributed by atoms with Crippen molar-refractivity contribution in [1.29, 1.82) is 0 Å². The summed E-state index contributed by atoms with van der Waals surface area (Å²) in [6.07, 6.45) is 8.63. The first kappa shape index (κ1) is 14.0. The van der Waals surface area contributed by atoms with Crippen molar-refractivity contribution in [1.82, 2.24) is 5.32 Å². The molecule has 0 amide bonds. The summed E-state index contributed by atoms with van der Waals surface area (Å²) in [7, 11) is -2.81. The molecule has 0 aromatic rings. The van der Waals surface area contributed by atoms with E-state index >= 15 is 0 Å². The molecule has 1 aliphatic rings. The van der Waals surface area contributed by atoms with Crippen molar-refractivity contribution in [2.24, 2.45) is 5.92 Å². The second kappa shape index (κ2) is 6.60. The molecule has 1 atom stereocenters. The smallest absolute Gasteiger partial charge is 0.147 e. The van der Waals surface area contributed by atoms with Gasteiger partial charge in [0, 0.05) is 12.3 Å². The van der Waals surface area contributed by atoms with Crippen LogP contribution < -0.4 is 5.32 Å². The third-order valence-corrected chi connectivity index (χ3v) is 4.40. The van der Waals surface area contributed by atoms with Crippen molar-refractivity contribution < 1.29 is 8.42 Å². The van der Waals surface area contributed by atoms with Crippen LogP contribution in [0.25, 0.3) is 0 Å². The fourth-order valence-corrected chi connectivity index (χ4v) is 3.31. The molecule has 0 spiro atoms. The summed E-state index contributed by atoms with van der Waals surface area (Å²) in [4.78, 5) is 0. The molecule has 1 fully saturated rings. The van der Waals surface area contributed by atoms with Gasteiger partial charge < -0.3 is 5.32 Å². The third-order valence-electron chi connectivity index (χ3n) is 3.42. The monoisotopic (exact) mass is 247 g/mol. The Labute approximate surface area is 99.9 Å². The van der Waals surface area contributed by atoms with Crippen LogP contribution in [-0.4, -0.2) is 33.0 Å². The van der Waals surface area contributed by atoms with Crippen LogP contribution in [-0.2, 0) is 9.84 Å². The van der Waals surface area contributed by atoms with Crippen LogP contribution in [0.2, 0.25) is 0 Å². The van der Waals surface area contributed by atoms with Crippen molar-refractivity contribution in [2.75, 3.05) is 18.6 Å². The van der Waals surface area contributed by atoms with Gasteiger partial charge in [-0.15, -0.1) is 0 Å². The van der Waals surface area contributed by atoms with Gasteiger partial charge in [0.05, 0.1) is 5.75 Å². The molecule has 16 heavy (non-hydrogen) atoms. The maximum atomic E-state index is 11.1. The molecule has 0 heterocycles. The van der Waals surface area contributed by atoms with Gasteiger partial charge in [-0.2, -0.15) is 0 Å². The van der Waals surface area contributed by atoms with Gasteiger partial charge in [0.1, 0.15) is 9.84 Å². The zero-order chi connectivity index (χ0) is 12.0. The van der Waals surface area contributed by atoms with Crippen molar-refractivity contribution in [3.63, 3.8) is 0 Å². The summed E-state index contributed by atoms with van der Waals surface area (Å²) >= 11 is 0. The van der Waals surface area contributed by atoms with Crippen molar-refractivity contribution in [3.8, 4) is 0 Å². The first-order valence-electron chi connectivity index (χ1n) is 6.42. The van der Waals surface area contributed by atoms with Gasteiger partial charge in [-0.3, -0.25) is 0 Å². The zero-order valence-electron chi connectivity index (χ0n) is 10.5. The molecule has 4 heteroatoms. The minimum Gasteiger partial charge on any atom is -0.314 e. The molecule has 1 saturated carbocycles. The number of sulfone groups is 1. The molecule has 1 unspecified atom stereocenters. The molecular formula is C12H25NO2S.